The fourth-order valence-corrected chi connectivity index (χ4v) is 2.16. The van der Waals surface area contributed by atoms with Gasteiger partial charge in [0.2, 0.25) is 0 Å². The summed E-state index contributed by atoms with van der Waals surface area (Å²) in [5, 5.41) is 0. The fraction of sp³-hybridized carbons (Fsp3) is 0.562. The standard InChI is InChI=1S/C16H24O2/c1-11(2)15(12(3)4)18-16(17)13(5)14-9-7-6-8-10-14/h6-13,15H,1-5H3. The van der Waals surface area contributed by atoms with E-state index in [1.165, 1.54) is 0 Å². The van der Waals surface area contributed by atoms with Gasteiger partial charge in [-0.2, -0.15) is 0 Å². The number of hydrogen-bond acceptors (Lipinski definition) is 2. The number of rotatable bonds is 5. The Bertz CT molecular complexity index is 360. The monoisotopic (exact) mass is 248 g/mol. The summed E-state index contributed by atoms with van der Waals surface area (Å²) in [7, 11) is 0. The molecule has 0 saturated carbocycles. The Kier molecular flexibility index (Phi) is 5.39. The Labute approximate surface area is 110 Å². The van der Waals surface area contributed by atoms with Crippen LogP contribution in [0.4, 0.5) is 0 Å². The van der Waals surface area contributed by atoms with Gasteiger partial charge >= 0.3 is 5.97 Å². The molecule has 0 radical (unpaired) electrons. The Morgan fingerprint density at radius 2 is 1.44 bits per heavy atom. The molecule has 18 heavy (non-hydrogen) atoms. The van der Waals surface area contributed by atoms with Gasteiger partial charge < -0.3 is 4.74 Å². The van der Waals surface area contributed by atoms with Crippen LogP contribution in [0.15, 0.2) is 30.3 Å². The van der Waals surface area contributed by atoms with Crippen molar-refractivity contribution in [1.82, 2.24) is 0 Å². The predicted molar refractivity (Wildman–Crippen MR) is 74.4 cm³/mol. The van der Waals surface area contributed by atoms with Crippen LogP contribution in [0.1, 0.15) is 46.1 Å². The van der Waals surface area contributed by atoms with E-state index >= 15 is 0 Å². The van der Waals surface area contributed by atoms with E-state index in [0.29, 0.717) is 11.8 Å². The summed E-state index contributed by atoms with van der Waals surface area (Å²) in [6.07, 6.45) is -0.0105. The molecule has 0 aliphatic rings. The van der Waals surface area contributed by atoms with E-state index in [1.54, 1.807) is 0 Å². The van der Waals surface area contributed by atoms with E-state index in [4.69, 9.17) is 4.74 Å². The van der Waals surface area contributed by atoms with Gasteiger partial charge in [-0.25, -0.2) is 0 Å². The van der Waals surface area contributed by atoms with Crippen molar-refractivity contribution in [3.8, 4) is 0 Å². The van der Waals surface area contributed by atoms with Gasteiger partial charge in [0.05, 0.1) is 5.92 Å². The van der Waals surface area contributed by atoms with Crippen LogP contribution in [0.3, 0.4) is 0 Å². The quantitative estimate of drug-likeness (QED) is 0.736. The van der Waals surface area contributed by atoms with Gasteiger partial charge in [0.1, 0.15) is 6.10 Å². The molecular weight excluding hydrogens is 224 g/mol. The van der Waals surface area contributed by atoms with Crippen LogP contribution in [-0.2, 0) is 9.53 Å². The highest BCUT2D eigenvalue weighted by atomic mass is 16.5. The highest BCUT2D eigenvalue weighted by molar-refractivity contribution is 5.77. The van der Waals surface area contributed by atoms with Gasteiger partial charge in [-0.05, 0) is 24.3 Å². The van der Waals surface area contributed by atoms with Crippen molar-refractivity contribution in [3.05, 3.63) is 35.9 Å². The Morgan fingerprint density at radius 3 is 1.89 bits per heavy atom. The Hall–Kier alpha value is -1.31. The maximum Gasteiger partial charge on any atom is 0.313 e. The highest BCUT2D eigenvalue weighted by Gasteiger charge is 2.25. The van der Waals surface area contributed by atoms with Crippen molar-refractivity contribution in [2.75, 3.05) is 0 Å². The number of carbonyl (C=O) groups excluding carboxylic acids is 1. The van der Waals surface area contributed by atoms with E-state index in [-0.39, 0.29) is 18.0 Å². The van der Waals surface area contributed by atoms with Crippen molar-refractivity contribution in [2.45, 2.75) is 46.6 Å². The lowest BCUT2D eigenvalue weighted by Crippen LogP contribution is -2.30. The molecule has 0 bridgehead atoms. The first-order chi connectivity index (χ1) is 8.43. The van der Waals surface area contributed by atoms with Crippen LogP contribution >= 0.6 is 0 Å². The molecule has 0 spiro atoms. The van der Waals surface area contributed by atoms with E-state index in [1.807, 2.05) is 37.3 Å². The molecule has 1 rings (SSSR count). The third kappa shape index (κ3) is 3.86. The number of ether oxygens (including phenoxy) is 1. The van der Waals surface area contributed by atoms with Crippen molar-refractivity contribution < 1.29 is 9.53 Å². The minimum absolute atomic E-state index is 0.0105. The van der Waals surface area contributed by atoms with Crippen molar-refractivity contribution in [2.24, 2.45) is 11.8 Å². The maximum atomic E-state index is 12.1. The summed E-state index contributed by atoms with van der Waals surface area (Å²) in [6.45, 7) is 10.3. The minimum atomic E-state index is -0.203. The van der Waals surface area contributed by atoms with E-state index in [0.717, 1.165) is 5.56 Å². The maximum absolute atomic E-state index is 12.1. The van der Waals surface area contributed by atoms with Crippen LogP contribution in [-0.4, -0.2) is 12.1 Å². The van der Waals surface area contributed by atoms with Crippen LogP contribution in [0.5, 0.6) is 0 Å². The lowest BCUT2D eigenvalue weighted by molar-refractivity contribution is -0.155. The predicted octanol–water partition coefficient (Wildman–Crippen LogP) is 4.01. The normalized spacial score (nSPS) is 13.1. The summed E-state index contributed by atoms with van der Waals surface area (Å²) < 4.78 is 5.65. The second-order valence-electron chi connectivity index (χ2n) is 5.52. The molecule has 100 valence electrons. The Balaban J connectivity index is 2.70. The van der Waals surface area contributed by atoms with E-state index in [9.17, 15) is 4.79 Å². The van der Waals surface area contributed by atoms with Crippen molar-refractivity contribution >= 4 is 5.97 Å². The van der Waals surface area contributed by atoms with Crippen molar-refractivity contribution in [3.63, 3.8) is 0 Å². The van der Waals surface area contributed by atoms with Gasteiger partial charge in [-0.1, -0.05) is 58.0 Å². The molecule has 0 fully saturated rings. The molecule has 1 atom stereocenters. The molecule has 0 saturated heterocycles. The van der Waals surface area contributed by atoms with Crippen LogP contribution in [0, 0.1) is 11.8 Å². The van der Waals surface area contributed by atoms with Gasteiger partial charge in [0.25, 0.3) is 0 Å². The van der Waals surface area contributed by atoms with E-state index < -0.39 is 0 Å². The molecule has 1 aromatic carbocycles. The average Bonchev–Trinajstić information content (AvgIpc) is 2.35. The highest BCUT2D eigenvalue weighted by Crippen LogP contribution is 2.22. The van der Waals surface area contributed by atoms with Gasteiger partial charge in [-0.3, -0.25) is 4.79 Å². The minimum Gasteiger partial charge on any atom is -0.461 e. The molecule has 1 aromatic rings. The van der Waals surface area contributed by atoms with E-state index in [2.05, 4.69) is 27.7 Å². The SMILES string of the molecule is CC(C(=O)OC(C(C)C)C(C)C)c1ccccc1. The summed E-state index contributed by atoms with van der Waals surface area (Å²) in [5.74, 6) is 0.355. The average molecular weight is 248 g/mol. The number of esters is 1. The summed E-state index contributed by atoms with van der Waals surface area (Å²) >= 11 is 0. The zero-order valence-electron chi connectivity index (χ0n) is 12.0. The number of carbonyl (C=O) groups is 1. The summed E-state index contributed by atoms with van der Waals surface area (Å²) in [6, 6.07) is 9.77. The van der Waals surface area contributed by atoms with Crippen molar-refractivity contribution in [1.29, 1.82) is 0 Å². The lowest BCUT2D eigenvalue weighted by atomic mass is 9.95. The molecule has 0 aromatic heterocycles. The third-order valence-corrected chi connectivity index (χ3v) is 3.22. The van der Waals surface area contributed by atoms with Crippen LogP contribution in [0.25, 0.3) is 0 Å². The Morgan fingerprint density at radius 1 is 0.944 bits per heavy atom. The fourth-order valence-electron chi connectivity index (χ4n) is 2.16. The molecule has 0 aliphatic heterocycles. The second-order valence-corrected chi connectivity index (χ2v) is 5.52. The van der Waals surface area contributed by atoms with Gasteiger partial charge in [-0.15, -0.1) is 0 Å². The second kappa shape index (κ2) is 6.58. The molecule has 0 heterocycles. The smallest absolute Gasteiger partial charge is 0.313 e. The summed E-state index contributed by atoms with van der Waals surface area (Å²) in [4.78, 5) is 12.1. The van der Waals surface area contributed by atoms with Gasteiger partial charge in [0.15, 0.2) is 0 Å². The zero-order chi connectivity index (χ0) is 13.7. The lowest BCUT2D eigenvalue weighted by Gasteiger charge is -2.26. The molecule has 0 amide bonds. The topological polar surface area (TPSA) is 26.3 Å². The molecule has 2 nitrogen and oxygen atoms in total. The molecule has 1 unspecified atom stereocenters. The molecular formula is C16H24O2. The third-order valence-electron chi connectivity index (χ3n) is 3.22. The molecule has 0 aliphatic carbocycles. The first kappa shape index (κ1) is 14.7. The first-order valence-electron chi connectivity index (χ1n) is 6.69. The largest absolute Gasteiger partial charge is 0.461 e. The van der Waals surface area contributed by atoms with Gasteiger partial charge in [0, 0.05) is 0 Å². The molecule has 2 heteroatoms. The first-order valence-corrected chi connectivity index (χ1v) is 6.69. The number of benzene rings is 1. The van der Waals surface area contributed by atoms with Crippen LogP contribution < -0.4 is 0 Å². The zero-order valence-corrected chi connectivity index (χ0v) is 12.0. The summed E-state index contributed by atoms with van der Waals surface area (Å²) in [5.41, 5.74) is 1.01. The molecule has 0 N–H and O–H groups in total. The van der Waals surface area contributed by atoms with Crippen LogP contribution in [0.2, 0.25) is 0 Å². The number of hydrogen-bond donors (Lipinski definition) is 0.